The zero-order valence-corrected chi connectivity index (χ0v) is 27.9. The van der Waals surface area contributed by atoms with E-state index in [4.69, 9.17) is 0 Å². The van der Waals surface area contributed by atoms with Crippen LogP contribution in [0.15, 0.2) is 60.8 Å². The van der Waals surface area contributed by atoms with Crippen molar-refractivity contribution >= 4 is 27.3 Å². The lowest BCUT2D eigenvalue weighted by Gasteiger charge is -2.46. The van der Waals surface area contributed by atoms with Crippen molar-refractivity contribution in [2.75, 3.05) is 0 Å². The van der Waals surface area contributed by atoms with E-state index in [2.05, 4.69) is 146 Å². The van der Waals surface area contributed by atoms with Crippen LogP contribution in [0, 0.1) is 5.41 Å². The highest BCUT2D eigenvalue weighted by molar-refractivity contribution is 6.13. The molecule has 0 radical (unpaired) electrons. The topological polar surface area (TPSA) is 8.29 Å². The molecule has 5 aromatic rings. The lowest BCUT2D eigenvalue weighted by atomic mass is 9.62. The molecule has 0 aliphatic carbocycles. The number of hydrogen-bond acceptors (Lipinski definition) is 0. The van der Waals surface area contributed by atoms with Gasteiger partial charge in [0.2, 0.25) is 0 Å². The summed E-state index contributed by atoms with van der Waals surface area (Å²) in [7, 11) is 0. The van der Waals surface area contributed by atoms with Crippen LogP contribution in [0.1, 0.15) is 123 Å². The van der Waals surface area contributed by atoms with Gasteiger partial charge in [0.1, 0.15) is 17.3 Å². The van der Waals surface area contributed by atoms with Crippen molar-refractivity contribution in [1.29, 1.82) is 0 Å². The molecule has 2 unspecified atom stereocenters. The van der Waals surface area contributed by atoms with Gasteiger partial charge in [-0.25, -0.2) is 4.57 Å². The molecule has 0 N–H and O–H groups in total. The van der Waals surface area contributed by atoms with Gasteiger partial charge in [-0.2, -0.15) is 4.40 Å². The normalized spacial score (nSPS) is 20.7. The van der Waals surface area contributed by atoms with Gasteiger partial charge in [0.25, 0.3) is 5.65 Å². The van der Waals surface area contributed by atoms with Crippen LogP contribution in [-0.4, -0.2) is 4.40 Å². The second-order valence-corrected chi connectivity index (χ2v) is 15.3. The first-order valence-corrected chi connectivity index (χ1v) is 16.4. The second-order valence-electron chi connectivity index (χ2n) is 15.3. The van der Waals surface area contributed by atoms with Gasteiger partial charge in [-0.05, 0) is 77.8 Å². The summed E-state index contributed by atoms with van der Waals surface area (Å²) < 4.78 is 5.35. The number of fused-ring (bicyclic) bond motifs is 3. The predicted octanol–water partition coefficient (Wildman–Crippen LogP) is 10.8. The third kappa shape index (κ3) is 3.93. The van der Waals surface area contributed by atoms with Crippen LogP contribution in [0.2, 0.25) is 0 Å². The maximum atomic E-state index is 2.70. The zero-order valence-electron chi connectivity index (χ0n) is 27.9. The summed E-state index contributed by atoms with van der Waals surface area (Å²) in [6, 6.07) is 21.4. The van der Waals surface area contributed by atoms with E-state index in [-0.39, 0.29) is 16.4 Å². The van der Waals surface area contributed by atoms with Crippen LogP contribution in [0.25, 0.3) is 38.6 Å². The van der Waals surface area contributed by atoms with Gasteiger partial charge < -0.3 is 0 Å². The highest BCUT2D eigenvalue weighted by Gasteiger charge is 2.54. The molecule has 2 nitrogen and oxygen atoms in total. The van der Waals surface area contributed by atoms with E-state index in [0.717, 1.165) is 19.3 Å². The molecule has 0 amide bonds. The van der Waals surface area contributed by atoms with Crippen molar-refractivity contribution in [3.8, 4) is 11.3 Å². The molecule has 0 saturated heterocycles. The molecule has 42 heavy (non-hydrogen) atoms. The van der Waals surface area contributed by atoms with E-state index < -0.39 is 0 Å². The summed E-state index contributed by atoms with van der Waals surface area (Å²) in [5.41, 5.74) is 11.4. The number of nitrogens with zero attached hydrogens (tertiary/aromatic N) is 2. The molecule has 0 bridgehead atoms. The van der Waals surface area contributed by atoms with E-state index in [1.54, 1.807) is 0 Å². The van der Waals surface area contributed by atoms with Crippen LogP contribution < -0.4 is 4.57 Å². The molecule has 1 aliphatic rings. The zero-order chi connectivity index (χ0) is 30.4. The lowest BCUT2D eigenvalue weighted by molar-refractivity contribution is -0.750. The van der Waals surface area contributed by atoms with Gasteiger partial charge in [0.05, 0.1) is 5.39 Å². The van der Waals surface area contributed by atoms with Crippen molar-refractivity contribution in [3.05, 3.63) is 83.0 Å². The minimum atomic E-state index is -0.0584. The first-order valence-electron chi connectivity index (χ1n) is 16.4. The molecule has 3 heterocycles. The fraction of sp³-hybridized carbons (Fsp3) is 0.475. The monoisotopic (exact) mass is 559 g/mol. The Labute approximate surface area is 253 Å². The first kappa shape index (κ1) is 29.0. The summed E-state index contributed by atoms with van der Waals surface area (Å²) in [6.07, 6.45) is 5.77. The lowest BCUT2D eigenvalue weighted by Crippen LogP contribution is -2.65. The quantitative estimate of drug-likeness (QED) is 0.144. The van der Waals surface area contributed by atoms with E-state index in [1.165, 1.54) is 60.8 Å². The maximum absolute atomic E-state index is 2.70. The van der Waals surface area contributed by atoms with Crippen molar-refractivity contribution in [1.82, 2.24) is 4.40 Å². The molecule has 6 rings (SSSR count). The molecule has 0 fully saturated rings. The maximum Gasteiger partial charge on any atom is 0.296 e. The summed E-state index contributed by atoms with van der Waals surface area (Å²) in [4.78, 5) is 0. The molecule has 2 atom stereocenters. The van der Waals surface area contributed by atoms with Gasteiger partial charge in [0.15, 0.2) is 5.69 Å². The number of imidazole rings is 1. The van der Waals surface area contributed by atoms with Crippen LogP contribution in [-0.2, 0) is 17.4 Å². The number of pyridine rings is 1. The van der Waals surface area contributed by atoms with Gasteiger partial charge >= 0.3 is 0 Å². The fourth-order valence-electron chi connectivity index (χ4n) is 8.22. The number of aromatic nitrogens is 2. The molecule has 1 aliphatic heterocycles. The second kappa shape index (κ2) is 9.69. The SMILES string of the molecule is CCC1(C)c2cccc3c4cc(CC(C)(C)C)ccc4n4c(-c5c(C(C)C)cccc5C(C)C)c[n+](c4c23)C1(C)CC. The Bertz CT molecular complexity index is 1820. The van der Waals surface area contributed by atoms with Crippen molar-refractivity contribution in [2.45, 2.75) is 118 Å². The molecule has 0 saturated carbocycles. The minimum Gasteiger partial charge on any atom is -0.223 e. The van der Waals surface area contributed by atoms with Crippen LogP contribution in [0.4, 0.5) is 0 Å². The number of rotatable bonds is 6. The summed E-state index contributed by atoms with van der Waals surface area (Å²) in [5, 5.41) is 4.20. The highest BCUT2D eigenvalue weighted by Crippen LogP contribution is 2.51. The average Bonchev–Trinajstić information content (AvgIpc) is 3.35. The van der Waals surface area contributed by atoms with E-state index in [9.17, 15) is 0 Å². The van der Waals surface area contributed by atoms with E-state index >= 15 is 0 Å². The summed E-state index contributed by atoms with van der Waals surface area (Å²) in [6.45, 7) is 26.2. The van der Waals surface area contributed by atoms with E-state index in [1.807, 2.05) is 0 Å². The molecule has 3 aromatic carbocycles. The van der Waals surface area contributed by atoms with Crippen molar-refractivity contribution < 1.29 is 4.57 Å². The molecular formula is C40H51N2+. The average molecular weight is 560 g/mol. The molecule has 2 aromatic heterocycles. The molecule has 220 valence electrons. The molecular weight excluding hydrogens is 508 g/mol. The minimum absolute atomic E-state index is 0.00712. The Morgan fingerprint density at radius 1 is 0.810 bits per heavy atom. The first-order chi connectivity index (χ1) is 19.8. The largest absolute Gasteiger partial charge is 0.296 e. The van der Waals surface area contributed by atoms with Crippen molar-refractivity contribution in [2.24, 2.45) is 5.41 Å². The fourth-order valence-corrected chi connectivity index (χ4v) is 8.22. The van der Waals surface area contributed by atoms with Gasteiger partial charge in [-0.3, -0.25) is 0 Å². The Morgan fingerprint density at radius 2 is 1.45 bits per heavy atom. The Hall–Kier alpha value is -3.13. The van der Waals surface area contributed by atoms with Gasteiger partial charge in [0, 0.05) is 21.8 Å². The Kier molecular flexibility index (Phi) is 6.69. The smallest absolute Gasteiger partial charge is 0.223 e. The van der Waals surface area contributed by atoms with Crippen molar-refractivity contribution in [3.63, 3.8) is 0 Å². The van der Waals surface area contributed by atoms with Gasteiger partial charge in [-0.1, -0.05) is 112 Å². The van der Waals surface area contributed by atoms with E-state index in [0.29, 0.717) is 11.8 Å². The number of hydrogen-bond donors (Lipinski definition) is 0. The van der Waals surface area contributed by atoms with Crippen LogP contribution in [0.3, 0.4) is 0 Å². The van der Waals surface area contributed by atoms with Crippen LogP contribution in [0.5, 0.6) is 0 Å². The summed E-state index contributed by atoms with van der Waals surface area (Å²) >= 11 is 0. The Balaban J connectivity index is 1.90. The van der Waals surface area contributed by atoms with Crippen LogP contribution >= 0.6 is 0 Å². The molecule has 2 heteroatoms. The predicted molar refractivity (Wildman–Crippen MR) is 181 cm³/mol. The standard InChI is InChI=1S/C40H51N2/c1-12-39(10)32-19-15-18-30-31-22-27(23-38(7,8)9)20-21-33(31)42-34(24-41(37(42)36(30)32)40(39,11)13-2)35-28(25(3)4)16-14-17-29(35)26(5)6/h14-22,24-26H,12-13,23H2,1-11H3/q+1. The third-order valence-electron chi connectivity index (χ3n) is 10.9. The van der Waals surface area contributed by atoms with Gasteiger partial charge in [-0.15, -0.1) is 0 Å². The molecule has 0 spiro atoms. The summed E-state index contributed by atoms with van der Waals surface area (Å²) in [5.74, 6) is 0.865. The Morgan fingerprint density at radius 3 is 2.02 bits per heavy atom. The third-order valence-corrected chi connectivity index (χ3v) is 10.9. The highest BCUT2D eigenvalue weighted by atomic mass is 15.2. The number of benzene rings is 3.